The largest absolute Gasteiger partial charge is 0.347 e. The summed E-state index contributed by atoms with van der Waals surface area (Å²) in [5.41, 5.74) is 1.65. The van der Waals surface area contributed by atoms with Crippen molar-refractivity contribution in [2.75, 3.05) is 24.6 Å². The molecular weight excluding hydrogens is 383 g/mol. The van der Waals surface area contributed by atoms with E-state index in [0.717, 1.165) is 25.9 Å². The lowest BCUT2D eigenvalue weighted by Crippen LogP contribution is -2.50. The number of hydrogen-bond acceptors (Lipinski definition) is 5. The predicted octanol–water partition coefficient (Wildman–Crippen LogP) is 1.31. The number of benzene rings is 1. The Labute approximate surface area is 163 Å². The highest BCUT2D eigenvalue weighted by atomic mass is 32.2. The average Bonchev–Trinajstić information content (AvgIpc) is 3.35. The number of nitrogens with one attached hydrogen (secondary N) is 1. The molecule has 9 heteroatoms. The lowest BCUT2D eigenvalue weighted by molar-refractivity contribution is 0.0918. The van der Waals surface area contributed by atoms with Crippen molar-refractivity contribution in [3.63, 3.8) is 0 Å². The molecule has 0 bridgehead atoms. The molecule has 150 valence electrons. The van der Waals surface area contributed by atoms with Gasteiger partial charge < -0.3 is 5.32 Å². The van der Waals surface area contributed by atoms with Gasteiger partial charge in [0.25, 0.3) is 5.91 Å². The van der Waals surface area contributed by atoms with Crippen LogP contribution >= 0.6 is 0 Å². The van der Waals surface area contributed by atoms with E-state index < -0.39 is 15.9 Å². The molecule has 28 heavy (non-hydrogen) atoms. The van der Waals surface area contributed by atoms with Gasteiger partial charge >= 0.3 is 0 Å². The minimum absolute atomic E-state index is 0.0367. The van der Waals surface area contributed by atoms with Crippen molar-refractivity contribution in [1.29, 1.82) is 0 Å². The number of sulfone groups is 1. The first-order valence-electron chi connectivity index (χ1n) is 9.40. The topological polar surface area (TPSA) is 84.3 Å². The molecule has 7 nitrogen and oxygen atoms in total. The van der Waals surface area contributed by atoms with Gasteiger partial charge in [-0.05, 0) is 57.1 Å². The zero-order chi connectivity index (χ0) is 19.9. The Morgan fingerprint density at radius 2 is 1.86 bits per heavy atom. The number of carbonyl (C=O) groups excluding carboxylic acids is 1. The Morgan fingerprint density at radius 3 is 2.54 bits per heavy atom. The second kappa shape index (κ2) is 7.29. The molecule has 2 aliphatic heterocycles. The Hall–Kier alpha value is -2.26. The van der Waals surface area contributed by atoms with E-state index in [0.29, 0.717) is 16.9 Å². The molecule has 1 N–H and O–H groups in total. The Kier molecular flexibility index (Phi) is 4.96. The molecule has 0 spiro atoms. The van der Waals surface area contributed by atoms with Crippen LogP contribution in [-0.4, -0.2) is 65.7 Å². The maximum atomic E-state index is 13.1. The summed E-state index contributed by atoms with van der Waals surface area (Å²) in [5, 5.41) is 7.16. The minimum atomic E-state index is -3.17. The fourth-order valence-electron chi connectivity index (χ4n) is 4.12. The van der Waals surface area contributed by atoms with Crippen LogP contribution < -0.4 is 5.32 Å². The predicted molar refractivity (Wildman–Crippen MR) is 103 cm³/mol. The van der Waals surface area contributed by atoms with E-state index in [2.05, 4.69) is 15.3 Å². The zero-order valence-electron chi connectivity index (χ0n) is 15.6. The van der Waals surface area contributed by atoms with Crippen molar-refractivity contribution >= 4 is 15.7 Å². The monoisotopic (exact) mass is 406 g/mol. The smallest absolute Gasteiger partial charge is 0.255 e. The van der Waals surface area contributed by atoms with Crippen LogP contribution in [0, 0.1) is 12.7 Å². The summed E-state index contributed by atoms with van der Waals surface area (Å²) in [6.45, 7) is 3.50. The molecule has 1 aromatic heterocycles. The highest BCUT2D eigenvalue weighted by Crippen LogP contribution is 2.23. The summed E-state index contributed by atoms with van der Waals surface area (Å²) in [6.07, 6.45) is 3.57. The minimum Gasteiger partial charge on any atom is -0.347 e. The Bertz CT molecular complexity index is 981. The first kappa shape index (κ1) is 19.1. The van der Waals surface area contributed by atoms with E-state index in [1.807, 2.05) is 0 Å². The number of rotatable bonds is 4. The Morgan fingerprint density at radius 1 is 1.18 bits per heavy atom. The number of likely N-dealkylation sites (tertiary alicyclic amines) is 1. The molecular formula is C19H23FN4O3S. The first-order valence-corrected chi connectivity index (χ1v) is 11.2. The number of hydrogen-bond donors (Lipinski definition) is 1. The molecule has 0 aliphatic carbocycles. The summed E-state index contributed by atoms with van der Waals surface area (Å²) >= 11 is 0. The summed E-state index contributed by atoms with van der Waals surface area (Å²) in [4.78, 5) is 15.0. The maximum Gasteiger partial charge on any atom is 0.255 e. The van der Waals surface area contributed by atoms with Crippen LogP contribution in [0.2, 0.25) is 0 Å². The quantitative estimate of drug-likeness (QED) is 0.828. The third-order valence-electron chi connectivity index (χ3n) is 5.57. The van der Waals surface area contributed by atoms with Gasteiger partial charge in [-0.25, -0.2) is 17.5 Å². The highest BCUT2D eigenvalue weighted by molar-refractivity contribution is 7.91. The van der Waals surface area contributed by atoms with E-state index in [1.54, 1.807) is 23.7 Å². The third kappa shape index (κ3) is 3.68. The van der Waals surface area contributed by atoms with Crippen LogP contribution in [0.1, 0.15) is 28.9 Å². The maximum absolute atomic E-state index is 13.1. The molecule has 4 rings (SSSR count). The van der Waals surface area contributed by atoms with Gasteiger partial charge in [0.2, 0.25) is 0 Å². The molecule has 1 amide bonds. The highest BCUT2D eigenvalue weighted by Gasteiger charge is 2.42. The van der Waals surface area contributed by atoms with Crippen LogP contribution in [0.4, 0.5) is 4.39 Å². The van der Waals surface area contributed by atoms with E-state index >= 15 is 0 Å². The number of aromatic nitrogens is 2. The second-order valence-corrected chi connectivity index (χ2v) is 9.65. The molecule has 2 atom stereocenters. The molecule has 0 saturated carbocycles. The van der Waals surface area contributed by atoms with Crippen molar-refractivity contribution in [3.05, 3.63) is 47.5 Å². The molecule has 2 aromatic rings. The van der Waals surface area contributed by atoms with E-state index in [9.17, 15) is 17.6 Å². The van der Waals surface area contributed by atoms with Gasteiger partial charge in [-0.3, -0.25) is 9.69 Å². The van der Waals surface area contributed by atoms with E-state index in [4.69, 9.17) is 0 Å². The molecule has 2 fully saturated rings. The number of amides is 1. The van der Waals surface area contributed by atoms with Crippen molar-refractivity contribution in [2.45, 2.75) is 31.8 Å². The van der Waals surface area contributed by atoms with Gasteiger partial charge in [-0.15, -0.1) is 0 Å². The lowest BCUT2D eigenvalue weighted by Gasteiger charge is -2.28. The van der Waals surface area contributed by atoms with Crippen LogP contribution in [-0.2, 0) is 9.84 Å². The number of halogens is 1. The Balaban J connectivity index is 1.54. The van der Waals surface area contributed by atoms with Crippen LogP contribution in [0.3, 0.4) is 0 Å². The van der Waals surface area contributed by atoms with Crippen LogP contribution in [0.15, 0.2) is 30.5 Å². The van der Waals surface area contributed by atoms with Crippen LogP contribution in [0.25, 0.3) is 5.69 Å². The van der Waals surface area contributed by atoms with Gasteiger partial charge in [0.1, 0.15) is 5.82 Å². The average molecular weight is 406 g/mol. The van der Waals surface area contributed by atoms with Crippen molar-refractivity contribution < 1.29 is 17.6 Å². The molecule has 1 aromatic carbocycles. The van der Waals surface area contributed by atoms with Crippen molar-refractivity contribution in [3.8, 4) is 5.69 Å². The van der Waals surface area contributed by atoms with Gasteiger partial charge in [-0.2, -0.15) is 5.10 Å². The summed E-state index contributed by atoms with van der Waals surface area (Å²) in [5.74, 6) is -0.629. The van der Waals surface area contributed by atoms with Gasteiger partial charge in [-0.1, -0.05) is 0 Å². The molecule has 2 saturated heterocycles. The fraction of sp³-hybridized carbons (Fsp3) is 0.474. The summed E-state index contributed by atoms with van der Waals surface area (Å²) in [7, 11) is -3.17. The third-order valence-corrected chi connectivity index (χ3v) is 7.29. The SMILES string of the molecule is Cc1c(C(=O)NC2CS(=O)(=O)CC2N2CCCC2)cnn1-c1ccc(F)cc1. The molecule has 0 radical (unpaired) electrons. The van der Waals surface area contributed by atoms with E-state index in [1.165, 1.54) is 18.3 Å². The zero-order valence-corrected chi connectivity index (χ0v) is 16.5. The van der Waals surface area contributed by atoms with Crippen LogP contribution in [0.5, 0.6) is 0 Å². The van der Waals surface area contributed by atoms with Crippen molar-refractivity contribution in [1.82, 2.24) is 20.0 Å². The van der Waals surface area contributed by atoms with Crippen molar-refractivity contribution in [2.24, 2.45) is 0 Å². The normalized spacial score (nSPS) is 24.5. The number of nitrogens with zero attached hydrogens (tertiary/aromatic N) is 3. The summed E-state index contributed by atoms with van der Waals surface area (Å²) in [6, 6.07) is 5.24. The lowest BCUT2D eigenvalue weighted by atomic mass is 10.1. The van der Waals surface area contributed by atoms with Gasteiger partial charge in [0.15, 0.2) is 9.84 Å². The fourth-order valence-corrected chi connectivity index (χ4v) is 6.07. The van der Waals surface area contributed by atoms with E-state index in [-0.39, 0.29) is 29.3 Å². The number of carbonyl (C=O) groups is 1. The molecule has 2 unspecified atom stereocenters. The molecule has 3 heterocycles. The summed E-state index contributed by atoms with van der Waals surface area (Å²) < 4.78 is 39.1. The van der Waals surface area contributed by atoms with Gasteiger partial charge in [0.05, 0.1) is 40.7 Å². The standard InChI is InChI=1S/C19H23FN4O3S/c1-13-16(10-21-24(13)15-6-4-14(20)5-7-15)19(25)22-17-11-28(26,27)12-18(17)23-8-2-3-9-23/h4-7,10,17-18H,2-3,8-9,11-12H2,1H3,(H,22,25). The first-order chi connectivity index (χ1) is 13.3. The van der Waals surface area contributed by atoms with Gasteiger partial charge in [0, 0.05) is 6.04 Å². The molecule has 2 aliphatic rings. The second-order valence-electron chi connectivity index (χ2n) is 7.50.